The lowest BCUT2D eigenvalue weighted by Crippen LogP contribution is -2.14. The second-order valence-electron chi connectivity index (χ2n) is 3.95. The smallest absolute Gasteiger partial charge is 0.159 e. The first-order valence-electron chi connectivity index (χ1n) is 4.75. The zero-order valence-corrected chi connectivity index (χ0v) is 9.16. The predicted molar refractivity (Wildman–Crippen MR) is 59.6 cm³/mol. The van der Waals surface area contributed by atoms with Crippen LogP contribution in [0.15, 0.2) is 24.3 Å². The normalized spacial score (nSPS) is 10.4. The van der Waals surface area contributed by atoms with Crippen molar-refractivity contribution in [1.82, 2.24) is 0 Å². The number of rotatable bonds is 1. The number of hydrogen-bond donors (Lipinski definition) is 1. The molecule has 0 amide bonds. The van der Waals surface area contributed by atoms with E-state index in [9.17, 15) is 9.90 Å². The molecule has 0 saturated heterocycles. The van der Waals surface area contributed by atoms with Crippen LogP contribution >= 0.6 is 0 Å². The summed E-state index contributed by atoms with van der Waals surface area (Å²) < 4.78 is 0. The van der Waals surface area contributed by atoms with Crippen LogP contribution in [-0.4, -0.2) is 16.5 Å². The number of carbonyl (C=O) groups excluding carboxylic acids is 1. The second-order valence-corrected chi connectivity index (χ2v) is 3.95. The molecule has 1 rings (SSSR count). The molecule has 15 heavy (non-hydrogen) atoms. The Kier molecular flexibility index (Phi) is 3.28. The Morgan fingerprint density at radius 2 is 2.07 bits per heavy atom. The maximum Gasteiger partial charge on any atom is 0.159 e. The van der Waals surface area contributed by atoms with Crippen molar-refractivity contribution in [1.29, 1.82) is 0 Å². The van der Waals surface area contributed by atoms with Crippen molar-refractivity contribution in [2.75, 3.05) is 0 Å². The molecular formula is C13H14O2. The highest BCUT2D eigenvalue weighted by molar-refractivity contribution is 5.94. The highest BCUT2D eigenvalue weighted by Crippen LogP contribution is 2.05. The van der Waals surface area contributed by atoms with Gasteiger partial charge in [-0.2, -0.15) is 0 Å². The molecule has 0 bridgehead atoms. The van der Waals surface area contributed by atoms with E-state index in [1.165, 1.54) is 6.92 Å². The molecule has 0 spiro atoms. The number of aliphatic hydroxyl groups is 1. The van der Waals surface area contributed by atoms with Gasteiger partial charge in [0.05, 0.1) is 0 Å². The van der Waals surface area contributed by atoms with Crippen LogP contribution in [0, 0.1) is 11.8 Å². The summed E-state index contributed by atoms with van der Waals surface area (Å²) in [4.78, 5) is 11.1. The zero-order valence-electron chi connectivity index (χ0n) is 9.16. The van der Waals surface area contributed by atoms with Crippen molar-refractivity contribution >= 4 is 5.78 Å². The topological polar surface area (TPSA) is 37.3 Å². The summed E-state index contributed by atoms with van der Waals surface area (Å²) in [6.45, 7) is 4.76. The van der Waals surface area contributed by atoms with Gasteiger partial charge in [0.2, 0.25) is 0 Å². The number of benzene rings is 1. The Morgan fingerprint density at radius 3 is 2.60 bits per heavy atom. The molecule has 0 aliphatic carbocycles. The van der Waals surface area contributed by atoms with Gasteiger partial charge in [0, 0.05) is 11.1 Å². The maximum absolute atomic E-state index is 11.1. The Morgan fingerprint density at radius 1 is 1.40 bits per heavy atom. The van der Waals surface area contributed by atoms with E-state index in [1.54, 1.807) is 32.0 Å². The molecule has 0 atom stereocenters. The van der Waals surface area contributed by atoms with Gasteiger partial charge in [0.25, 0.3) is 0 Å². The van der Waals surface area contributed by atoms with Crippen LogP contribution in [0.2, 0.25) is 0 Å². The molecule has 0 aromatic heterocycles. The molecule has 0 aliphatic heterocycles. The third-order valence-corrected chi connectivity index (χ3v) is 1.78. The largest absolute Gasteiger partial charge is 0.378 e. The average Bonchev–Trinajstić information content (AvgIpc) is 2.14. The first-order valence-corrected chi connectivity index (χ1v) is 4.75. The van der Waals surface area contributed by atoms with Crippen molar-refractivity contribution in [3.63, 3.8) is 0 Å². The van der Waals surface area contributed by atoms with E-state index in [1.807, 2.05) is 6.07 Å². The second kappa shape index (κ2) is 4.29. The molecule has 1 aromatic carbocycles. The van der Waals surface area contributed by atoms with E-state index in [4.69, 9.17) is 0 Å². The Bertz CT molecular complexity index is 428. The molecule has 0 unspecified atom stereocenters. The SMILES string of the molecule is CC(=O)c1cccc(C#CC(C)(C)O)c1. The standard InChI is InChI=1S/C13H14O2/c1-10(14)12-6-4-5-11(9-12)7-8-13(2,3)15/h4-6,9,15H,1-3H3. The summed E-state index contributed by atoms with van der Waals surface area (Å²) in [6, 6.07) is 7.06. The van der Waals surface area contributed by atoms with E-state index in [2.05, 4.69) is 11.8 Å². The monoisotopic (exact) mass is 202 g/mol. The molecule has 0 heterocycles. The third kappa shape index (κ3) is 3.97. The summed E-state index contributed by atoms with van der Waals surface area (Å²) in [5.74, 6) is 5.54. The van der Waals surface area contributed by atoms with Crippen LogP contribution < -0.4 is 0 Å². The summed E-state index contributed by atoms with van der Waals surface area (Å²) in [7, 11) is 0. The van der Waals surface area contributed by atoms with Gasteiger partial charge in [-0.05, 0) is 32.9 Å². The summed E-state index contributed by atoms with van der Waals surface area (Å²) in [5, 5.41) is 9.42. The van der Waals surface area contributed by atoms with Gasteiger partial charge in [-0.3, -0.25) is 4.79 Å². The van der Waals surface area contributed by atoms with Crippen LogP contribution in [0.4, 0.5) is 0 Å². The van der Waals surface area contributed by atoms with Gasteiger partial charge in [-0.25, -0.2) is 0 Å². The minimum absolute atomic E-state index is 0.0157. The van der Waals surface area contributed by atoms with Gasteiger partial charge in [0.1, 0.15) is 5.60 Å². The number of carbonyl (C=O) groups is 1. The molecular weight excluding hydrogens is 188 g/mol. The van der Waals surface area contributed by atoms with E-state index in [-0.39, 0.29) is 5.78 Å². The van der Waals surface area contributed by atoms with Crippen LogP contribution in [0.1, 0.15) is 36.7 Å². The Labute approximate surface area is 89.9 Å². The first-order chi connectivity index (χ1) is 6.88. The van der Waals surface area contributed by atoms with Crippen LogP contribution in [-0.2, 0) is 0 Å². The summed E-state index contributed by atoms with van der Waals surface area (Å²) in [5.41, 5.74) is 0.369. The van der Waals surface area contributed by atoms with E-state index in [0.29, 0.717) is 5.56 Å². The van der Waals surface area contributed by atoms with Crippen LogP contribution in [0.3, 0.4) is 0 Å². The summed E-state index contributed by atoms with van der Waals surface area (Å²) >= 11 is 0. The fourth-order valence-electron chi connectivity index (χ4n) is 1.04. The quantitative estimate of drug-likeness (QED) is 0.558. The van der Waals surface area contributed by atoms with Crippen molar-refractivity contribution in [2.45, 2.75) is 26.4 Å². The molecule has 1 N–H and O–H groups in total. The zero-order chi connectivity index (χ0) is 11.5. The molecule has 0 saturated carbocycles. The molecule has 0 aliphatic rings. The number of hydrogen-bond acceptors (Lipinski definition) is 2. The Balaban J connectivity index is 3.00. The Hall–Kier alpha value is -1.59. The minimum atomic E-state index is -1.01. The fraction of sp³-hybridized carbons (Fsp3) is 0.308. The minimum Gasteiger partial charge on any atom is -0.378 e. The lowest BCUT2D eigenvalue weighted by Gasteiger charge is -2.05. The van der Waals surface area contributed by atoms with Gasteiger partial charge in [-0.15, -0.1) is 0 Å². The van der Waals surface area contributed by atoms with E-state index >= 15 is 0 Å². The highest BCUT2D eigenvalue weighted by Gasteiger charge is 2.06. The van der Waals surface area contributed by atoms with Crippen molar-refractivity contribution in [3.8, 4) is 11.8 Å². The number of Topliss-reactive ketones (excluding diaryl/α,β-unsaturated/α-hetero) is 1. The molecule has 78 valence electrons. The lowest BCUT2D eigenvalue weighted by atomic mass is 10.1. The fourth-order valence-corrected chi connectivity index (χ4v) is 1.04. The molecule has 2 nitrogen and oxygen atoms in total. The molecule has 0 radical (unpaired) electrons. The van der Waals surface area contributed by atoms with Gasteiger partial charge in [-0.1, -0.05) is 24.0 Å². The first kappa shape index (κ1) is 11.5. The van der Waals surface area contributed by atoms with Crippen molar-refractivity contribution in [2.24, 2.45) is 0 Å². The van der Waals surface area contributed by atoms with Crippen LogP contribution in [0.5, 0.6) is 0 Å². The maximum atomic E-state index is 11.1. The molecule has 0 fully saturated rings. The summed E-state index contributed by atoms with van der Waals surface area (Å²) in [6.07, 6.45) is 0. The van der Waals surface area contributed by atoms with Crippen molar-refractivity contribution in [3.05, 3.63) is 35.4 Å². The lowest BCUT2D eigenvalue weighted by molar-refractivity contribution is 0.101. The molecule has 2 heteroatoms. The van der Waals surface area contributed by atoms with E-state index < -0.39 is 5.60 Å². The van der Waals surface area contributed by atoms with E-state index in [0.717, 1.165) is 5.56 Å². The third-order valence-electron chi connectivity index (χ3n) is 1.78. The van der Waals surface area contributed by atoms with Gasteiger partial charge >= 0.3 is 0 Å². The van der Waals surface area contributed by atoms with Gasteiger partial charge < -0.3 is 5.11 Å². The van der Waals surface area contributed by atoms with Crippen LogP contribution in [0.25, 0.3) is 0 Å². The number of ketones is 1. The highest BCUT2D eigenvalue weighted by atomic mass is 16.3. The van der Waals surface area contributed by atoms with Crippen molar-refractivity contribution < 1.29 is 9.90 Å². The van der Waals surface area contributed by atoms with Gasteiger partial charge in [0.15, 0.2) is 5.78 Å². The average molecular weight is 202 g/mol. The predicted octanol–water partition coefficient (Wildman–Crippen LogP) is 2.01. The molecule has 1 aromatic rings.